The molecule has 5 heteroatoms. The van der Waals surface area contributed by atoms with Gasteiger partial charge in [-0.05, 0) is 31.7 Å². The minimum atomic E-state index is 0.386. The van der Waals surface area contributed by atoms with E-state index in [0.29, 0.717) is 12.0 Å². The van der Waals surface area contributed by atoms with Gasteiger partial charge in [-0.1, -0.05) is 6.92 Å². The Labute approximate surface area is 103 Å². The highest BCUT2D eigenvalue weighted by atomic mass is 15.2. The number of nitrogens with zero attached hydrogens (tertiary/aromatic N) is 3. The number of aliphatic imine (C=N–C) groups is 1. The van der Waals surface area contributed by atoms with Crippen molar-refractivity contribution in [3.05, 3.63) is 18.0 Å². The summed E-state index contributed by atoms with van der Waals surface area (Å²) in [4.78, 5) is 4.29. The lowest BCUT2D eigenvalue weighted by Gasteiger charge is -2.11. The van der Waals surface area contributed by atoms with Crippen LogP contribution in [0.4, 0.5) is 0 Å². The topological polar surface area (TPSA) is 68.2 Å². The van der Waals surface area contributed by atoms with E-state index in [4.69, 9.17) is 5.73 Å². The van der Waals surface area contributed by atoms with Gasteiger partial charge in [0.1, 0.15) is 0 Å². The number of hydrogen-bond donors (Lipinski definition) is 2. The molecule has 0 saturated carbocycles. The highest BCUT2D eigenvalue weighted by molar-refractivity contribution is 5.78. The number of nitrogens with two attached hydrogens (primary N) is 1. The molecule has 1 aromatic rings. The maximum Gasteiger partial charge on any atom is 0.188 e. The smallest absolute Gasteiger partial charge is 0.188 e. The van der Waals surface area contributed by atoms with Crippen molar-refractivity contribution in [3.63, 3.8) is 0 Å². The summed E-state index contributed by atoms with van der Waals surface area (Å²) in [5.41, 5.74) is 7.00. The zero-order chi connectivity index (χ0) is 12.7. The fraction of sp³-hybridized carbons (Fsp3) is 0.667. The van der Waals surface area contributed by atoms with Gasteiger partial charge in [-0.15, -0.1) is 0 Å². The van der Waals surface area contributed by atoms with Crippen LogP contribution in [0.5, 0.6) is 0 Å². The van der Waals surface area contributed by atoms with E-state index in [0.717, 1.165) is 25.8 Å². The summed E-state index contributed by atoms with van der Waals surface area (Å²) in [6, 6.07) is 0.386. The number of aromatic nitrogens is 2. The molecule has 1 rings (SSSR count). The minimum Gasteiger partial charge on any atom is -0.370 e. The van der Waals surface area contributed by atoms with E-state index < -0.39 is 0 Å². The molecular weight excluding hydrogens is 214 g/mol. The molecule has 0 spiro atoms. The van der Waals surface area contributed by atoms with Gasteiger partial charge in [-0.2, -0.15) is 5.10 Å². The van der Waals surface area contributed by atoms with Crippen molar-refractivity contribution in [3.8, 4) is 0 Å². The highest BCUT2D eigenvalue weighted by Gasteiger charge is 1.99. The molecule has 0 fully saturated rings. The molecule has 0 radical (unpaired) electrons. The molecule has 0 aromatic carbocycles. The molecular formula is C12H23N5. The second-order valence-electron chi connectivity index (χ2n) is 4.35. The van der Waals surface area contributed by atoms with Crippen molar-refractivity contribution in [1.29, 1.82) is 0 Å². The lowest BCUT2D eigenvalue weighted by atomic mass is 10.2. The van der Waals surface area contributed by atoms with E-state index in [1.165, 1.54) is 5.56 Å². The Bertz CT molecular complexity index is 356. The van der Waals surface area contributed by atoms with Gasteiger partial charge in [-0.3, -0.25) is 9.67 Å². The third kappa shape index (κ3) is 5.38. The standard InChI is InChI=1S/C12H23N5/c1-4-10(2)16-12(13)14-7-5-6-11-8-15-17(3)9-11/h8-10H,4-7H2,1-3H3,(H3,13,14,16). The molecule has 1 atom stereocenters. The molecule has 1 aromatic heterocycles. The summed E-state index contributed by atoms with van der Waals surface area (Å²) in [5.74, 6) is 0.547. The number of hydrogen-bond acceptors (Lipinski definition) is 2. The Hall–Kier alpha value is -1.52. The van der Waals surface area contributed by atoms with E-state index in [1.807, 2.05) is 24.1 Å². The Morgan fingerprint density at radius 2 is 2.41 bits per heavy atom. The summed E-state index contributed by atoms with van der Waals surface area (Å²) >= 11 is 0. The van der Waals surface area contributed by atoms with Crippen molar-refractivity contribution in [2.45, 2.75) is 39.2 Å². The third-order valence-electron chi connectivity index (χ3n) is 2.67. The molecule has 0 amide bonds. The predicted molar refractivity (Wildman–Crippen MR) is 70.9 cm³/mol. The van der Waals surface area contributed by atoms with Crippen LogP contribution in [-0.4, -0.2) is 28.3 Å². The zero-order valence-corrected chi connectivity index (χ0v) is 11.0. The number of guanidine groups is 1. The van der Waals surface area contributed by atoms with Gasteiger partial charge in [-0.25, -0.2) is 0 Å². The van der Waals surface area contributed by atoms with E-state index in [2.05, 4.69) is 29.3 Å². The molecule has 1 unspecified atom stereocenters. The first-order valence-corrected chi connectivity index (χ1v) is 6.15. The first-order chi connectivity index (χ1) is 8.11. The van der Waals surface area contributed by atoms with Crippen LogP contribution in [0.1, 0.15) is 32.3 Å². The van der Waals surface area contributed by atoms with Gasteiger partial charge in [0.25, 0.3) is 0 Å². The van der Waals surface area contributed by atoms with Gasteiger partial charge in [0, 0.05) is 25.8 Å². The second kappa shape index (κ2) is 6.93. The molecule has 17 heavy (non-hydrogen) atoms. The number of aryl methyl sites for hydroxylation is 2. The first-order valence-electron chi connectivity index (χ1n) is 6.15. The largest absolute Gasteiger partial charge is 0.370 e. The van der Waals surface area contributed by atoms with Gasteiger partial charge < -0.3 is 11.1 Å². The highest BCUT2D eigenvalue weighted by Crippen LogP contribution is 2.00. The summed E-state index contributed by atoms with van der Waals surface area (Å²) in [7, 11) is 1.93. The fourth-order valence-corrected chi connectivity index (χ4v) is 1.48. The molecule has 0 aliphatic heterocycles. The quantitative estimate of drug-likeness (QED) is 0.441. The Kier molecular flexibility index (Phi) is 5.52. The van der Waals surface area contributed by atoms with E-state index in [9.17, 15) is 0 Å². The Balaban J connectivity index is 2.20. The van der Waals surface area contributed by atoms with Crippen molar-refractivity contribution >= 4 is 5.96 Å². The molecule has 0 saturated heterocycles. The van der Waals surface area contributed by atoms with Gasteiger partial charge in [0.2, 0.25) is 0 Å². The van der Waals surface area contributed by atoms with Crippen LogP contribution in [-0.2, 0) is 13.5 Å². The predicted octanol–water partition coefficient (Wildman–Crippen LogP) is 1.06. The minimum absolute atomic E-state index is 0.386. The summed E-state index contributed by atoms with van der Waals surface area (Å²) in [6.45, 7) is 4.97. The average Bonchev–Trinajstić information content (AvgIpc) is 2.70. The summed E-state index contributed by atoms with van der Waals surface area (Å²) < 4.78 is 1.82. The van der Waals surface area contributed by atoms with Crippen LogP contribution in [0.3, 0.4) is 0 Å². The molecule has 96 valence electrons. The number of nitrogens with one attached hydrogen (secondary N) is 1. The van der Waals surface area contributed by atoms with Crippen molar-refractivity contribution in [2.24, 2.45) is 17.8 Å². The monoisotopic (exact) mass is 237 g/mol. The van der Waals surface area contributed by atoms with Crippen molar-refractivity contribution in [1.82, 2.24) is 15.1 Å². The van der Waals surface area contributed by atoms with Gasteiger partial charge in [0.15, 0.2) is 5.96 Å². The van der Waals surface area contributed by atoms with E-state index >= 15 is 0 Å². The molecule has 5 nitrogen and oxygen atoms in total. The Morgan fingerprint density at radius 3 is 3.00 bits per heavy atom. The van der Waals surface area contributed by atoms with Crippen LogP contribution in [0, 0.1) is 0 Å². The third-order valence-corrected chi connectivity index (χ3v) is 2.67. The molecule has 1 heterocycles. The lowest BCUT2D eigenvalue weighted by Crippen LogP contribution is -2.38. The van der Waals surface area contributed by atoms with E-state index in [1.54, 1.807) is 0 Å². The van der Waals surface area contributed by atoms with Crippen LogP contribution < -0.4 is 11.1 Å². The maximum absolute atomic E-state index is 5.76. The zero-order valence-electron chi connectivity index (χ0n) is 11.0. The lowest BCUT2D eigenvalue weighted by molar-refractivity contribution is 0.635. The van der Waals surface area contributed by atoms with Crippen LogP contribution >= 0.6 is 0 Å². The summed E-state index contributed by atoms with van der Waals surface area (Å²) in [6.07, 6.45) is 6.96. The van der Waals surface area contributed by atoms with Gasteiger partial charge in [0.05, 0.1) is 6.20 Å². The molecule has 0 aliphatic rings. The van der Waals surface area contributed by atoms with Crippen molar-refractivity contribution < 1.29 is 0 Å². The maximum atomic E-state index is 5.76. The Morgan fingerprint density at radius 1 is 1.65 bits per heavy atom. The summed E-state index contributed by atoms with van der Waals surface area (Å²) in [5, 5.41) is 7.27. The SMILES string of the molecule is CCC(C)NC(N)=NCCCc1cnn(C)c1. The van der Waals surface area contributed by atoms with E-state index in [-0.39, 0.29) is 0 Å². The van der Waals surface area contributed by atoms with Crippen LogP contribution in [0.2, 0.25) is 0 Å². The fourth-order valence-electron chi connectivity index (χ4n) is 1.48. The second-order valence-corrected chi connectivity index (χ2v) is 4.35. The normalized spacial score (nSPS) is 13.7. The molecule has 3 N–H and O–H groups in total. The first kappa shape index (κ1) is 13.5. The molecule has 0 aliphatic carbocycles. The van der Waals surface area contributed by atoms with Crippen LogP contribution in [0.15, 0.2) is 17.4 Å². The van der Waals surface area contributed by atoms with Crippen molar-refractivity contribution in [2.75, 3.05) is 6.54 Å². The average molecular weight is 237 g/mol. The van der Waals surface area contributed by atoms with Gasteiger partial charge >= 0.3 is 0 Å². The molecule has 0 bridgehead atoms. The van der Waals surface area contributed by atoms with Crippen LogP contribution in [0.25, 0.3) is 0 Å². The number of rotatable bonds is 6.